The van der Waals surface area contributed by atoms with Gasteiger partial charge >= 0.3 is 12.6 Å². The molecule has 0 radical (unpaired) electrons. The number of benzene rings is 1. The Morgan fingerprint density at radius 1 is 1.33 bits per heavy atom. The molecule has 0 N–H and O–H groups in total. The molecule has 0 saturated heterocycles. The highest BCUT2D eigenvalue weighted by molar-refractivity contribution is 5.90. The van der Waals surface area contributed by atoms with Crippen molar-refractivity contribution >= 4 is 12.0 Å². The van der Waals surface area contributed by atoms with Crippen LogP contribution in [0.1, 0.15) is 15.9 Å². The molecule has 0 spiro atoms. The number of hydrogen-bond acceptors (Lipinski definition) is 3. The Balaban J connectivity index is 3.20. The fraction of sp³-hybridized carbons (Fsp3) is 0.182. The Morgan fingerprint density at radius 3 is 2.50 bits per heavy atom. The molecule has 3 nitrogen and oxygen atoms in total. The van der Waals surface area contributed by atoms with Crippen LogP contribution in [0.4, 0.5) is 17.6 Å². The Bertz CT molecular complexity index is 467. The van der Waals surface area contributed by atoms with Crippen molar-refractivity contribution < 1.29 is 31.8 Å². The molecule has 0 aromatic heterocycles. The number of carbonyl (C=O) groups is 1. The fourth-order valence-electron chi connectivity index (χ4n) is 1.23. The number of methoxy groups -OCH3 is 1. The van der Waals surface area contributed by atoms with Crippen molar-refractivity contribution in [2.75, 3.05) is 7.11 Å². The number of alkyl halides is 2. The van der Waals surface area contributed by atoms with Crippen molar-refractivity contribution in [3.05, 3.63) is 35.4 Å². The minimum absolute atomic E-state index is 0.0494. The number of esters is 1. The summed E-state index contributed by atoms with van der Waals surface area (Å²) >= 11 is 0. The molecular formula is C11H8F4O3. The van der Waals surface area contributed by atoms with E-state index in [9.17, 15) is 22.4 Å². The fourth-order valence-corrected chi connectivity index (χ4v) is 1.23. The van der Waals surface area contributed by atoms with Crippen LogP contribution < -0.4 is 4.74 Å². The van der Waals surface area contributed by atoms with Gasteiger partial charge < -0.3 is 9.47 Å². The maximum Gasteiger partial charge on any atom is 0.387 e. The molecule has 1 rings (SSSR count). The maximum absolute atomic E-state index is 12.2. The minimum Gasteiger partial charge on any atom is -0.465 e. The third kappa shape index (κ3) is 3.76. The maximum atomic E-state index is 12.2. The molecule has 98 valence electrons. The van der Waals surface area contributed by atoms with Crippen molar-refractivity contribution in [3.8, 4) is 5.75 Å². The summed E-state index contributed by atoms with van der Waals surface area (Å²) in [5.74, 6) is -1.22. The molecule has 0 amide bonds. The van der Waals surface area contributed by atoms with Crippen LogP contribution >= 0.6 is 0 Å². The van der Waals surface area contributed by atoms with Gasteiger partial charge in [-0.3, -0.25) is 0 Å². The van der Waals surface area contributed by atoms with Crippen LogP contribution in [0.3, 0.4) is 0 Å². The highest BCUT2D eigenvalue weighted by Gasteiger charge is 2.13. The van der Waals surface area contributed by atoms with Crippen LogP contribution in [0.2, 0.25) is 0 Å². The predicted molar refractivity (Wildman–Crippen MR) is 54.6 cm³/mol. The predicted octanol–water partition coefficient (Wildman–Crippen LogP) is 3.31. The second-order valence-corrected chi connectivity index (χ2v) is 3.06. The van der Waals surface area contributed by atoms with E-state index in [4.69, 9.17) is 0 Å². The molecule has 0 saturated carbocycles. The first-order valence-corrected chi connectivity index (χ1v) is 4.64. The lowest BCUT2D eigenvalue weighted by molar-refractivity contribution is -0.0500. The SMILES string of the molecule is COC(=O)c1ccc(OC(F)F)c(C=C(F)F)c1. The van der Waals surface area contributed by atoms with Gasteiger partial charge in [-0.05, 0) is 18.2 Å². The van der Waals surface area contributed by atoms with E-state index in [1.807, 2.05) is 0 Å². The minimum atomic E-state index is -3.15. The lowest BCUT2D eigenvalue weighted by Gasteiger charge is -2.09. The molecule has 7 heteroatoms. The van der Waals surface area contributed by atoms with Crippen molar-refractivity contribution in [2.24, 2.45) is 0 Å². The zero-order valence-electron chi connectivity index (χ0n) is 9.12. The summed E-state index contributed by atoms with van der Waals surface area (Å²) in [7, 11) is 1.11. The van der Waals surface area contributed by atoms with Gasteiger partial charge in [-0.1, -0.05) is 0 Å². The molecule has 0 aliphatic heterocycles. The standard InChI is InChI=1S/C11H8F4O3/c1-17-10(16)6-2-3-8(18-11(14)15)7(4-6)5-9(12)13/h2-5,11H,1H3. The molecule has 0 fully saturated rings. The number of hydrogen-bond donors (Lipinski definition) is 0. The highest BCUT2D eigenvalue weighted by Crippen LogP contribution is 2.25. The van der Waals surface area contributed by atoms with Gasteiger partial charge in [0, 0.05) is 11.6 Å². The summed E-state index contributed by atoms with van der Waals surface area (Å²) in [5, 5.41) is 0. The summed E-state index contributed by atoms with van der Waals surface area (Å²) in [4.78, 5) is 11.2. The Morgan fingerprint density at radius 2 is 2.00 bits per heavy atom. The number of carbonyl (C=O) groups excluding carboxylic acids is 1. The third-order valence-corrected chi connectivity index (χ3v) is 1.91. The zero-order chi connectivity index (χ0) is 13.7. The molecule has 0 aliphatic rings. The first-order valence-electron chi connectivity index (χ1n) is 4.64. The van der Waals surface area contributed by atoms with Gasteiger partial charge in [-0.25, -0.2) is 4.79 Å². The van der Waals surface area contributed by atoms with Gasteiger partial charge in [0.25, 0.3) is 6.08 Å². The Labute approximate surface area is 99.6 Å². The summed E-state index contributed by atoms with van der Waals surface area (Å²) in [5.41, 5.74) is -0.384. The van der Waals surface area contributed by atoms with Crippen LogP contribution in [0.25, 0.3) is 6.08 Å². The van der Waals surface area contributed by atoms with Gasteiger partial charge in [-0.15, -0.1) is 0 Å². The van der Waals surface area contributed by atoms with Gasteiger partial charge in [0.2, 0.25) is 0 Å². The number of rotatable bonds is 4. The largest absolute Gasteiger partial charge is 0.465 e. The summed E-state index contributed by atoms with van der Waals surface area (Å²) in [6.07, 6.45) is -1.78. The zero-order valence-corrected chi connectivity index (χ0v) is 9.12. The summed E-state index contributed by atoms with van der Waals surface area (Å²) < 4.78 is 56.8. The molecule has 1 aromatic rings. The van der Waals surface area contributed by atoms with Gasteiger partial charge in [0.05, 0.1) is 12.7 Å². The molecule has 0 bridgehead atoms. The second kappa shape index (κ2) is 6.04. The van der Waals surface area contributed by atoms with Crippen LogP contribution in [0.5, 0.6) is 5.75 Å². The van der Waals surface area contributed by atoms with E-state index >= 15 is 0 Å². The van der Waals surface area contributed by atoms with E-state index in [0.29, 0.717) is 6.08 Å². The van der Waals surface area contributed by atoms with Gasteiger partial charge in [0.15, 0.2) is 0 Å². The molecule has 0 heterocycles. The van der Waals surface area contributed by atoms with Crippen LogP contribution in [0, 0.1) is 0 Å². The first kappa shape index (κ1) is 14.0. The molecule has 0 aliphatic carbocycles. The van der Waals surface area contributed by atoms with Crippen LogP contribution in [-0.2, 0) is 4.74 Å². The Hall–Kier alpha value is -2.05. The quantitative estimate of drug-likeness (QED) is 0.618. The highest BCUT2D eigenvalue weighted by atomic mass is 19.3. The molecule has 0 unspecified atom stereocenters. The second-order valence-electron chi connectivity index (χ2n) is 3.06. The van der Waals surface area contributed by atoms with Crippen molar-refractivity contribution in [3.63, 3.8) is 0 Å². The van der Waals surface area contributed by atoms with E-state index in [0.717, 1.165) is 25.3 Å². The van der Waals surface area contributed by atoms with Crippen molar-refractivity contribution in [1.29, 1.82) is 0 Å². The Kier molecular flexibility index (Phi) is 4.70. The lowest BCUT2D eigenvalue weighted by atomic mass is 10.1. The van der Waals surface area contributed by atoms with E-state index in [1.165, 1.54) is 0 Å². The monoisotopic (exact) mass is 264 g/mol. The topological polar surface area (TPSA) is 35.5 Å². The van der Waals surface area contributed by atoms with Crippen molar-refractivity contribution in [1.82, 2.24) is 0 Å². The smallest absolute Gasteiger partial charge is 0.387 e. The van der Waals surface area contributed by atoms with E-state index in [-0.39, 0.29) is 11.1 Å². The van der Waals surface area contributed by atoms with E-state index in [1.54, 1.807) is 0 Å². The summed E-state index contributed by atoms with van der Waals surface area (Å²) in [6, 6.07) is 3.10. The van der Waals surface area contributed by atoms with E-state index in [2.05, 4.69) is 9.47 Å². The van der Waals surface area contributed by atoms with Gasteiger partial charge in [-0.2, -0.15) is 17.6 Å². The lowest BCUT2D eigenvalue weighted by Crippen LogP contribution is -2.06. The normalized spacial score (nSPS) is 10.1. The van der Waals surface area contributed by atoms with E-state index < -0.39 is 24.4 Å². The average molecular weight is 264 g/mol. The molecule has 0 atom stereocenters. The van der Waals surface area contributed by atoms with Crippen molar-refractivity contribution in [2.45, 2.75) is 6.61 Å². The van der Waals surface area contributed by atoms with Gasteiger partial charge in [0.1, 0.15) is 5.75 Å². The molecule has 18 heavy (non-hydrogen) atoms. The van der Waals surface area contributed by atoms with Crippen LogP contribution in [-0.4, -0.2) is 19.7 Å². The number of ether oxygens (including phenoxy) is 2. The third-order valence-electron chi connectivity index (χ3n) is 1.91. The number of halogens is 4. The first-order chi connectivity index (χ1) is 8.43. The van der Waals surface area contributed by atoms with Crippen LogP contribution in [0.15, 0.2) is 24.3 Å². The molecular weight excluding hydrogens is 256 g/mol. The summed E-state index contributed by atoms with van der Waals surface area (Å²) in [6.45, 7) is -3.15. The molecule has 1 aromatic carbocycles. The average Bonchev–Trinajstić information content (AvgIpc) is 2.29.